The van der Waals surface area contributed by atoms with Crippen LogP contribution in [0.5, 0.6) is 11.5 Å². The number of hydrogen-bond donors (Lipinski definition) is 1. The van der Waals surface area contributed by atoms with Crippen LogP contribution < -0.4 is 14.8 Å². The molecule has 0 radical (unpaired) electrons. The van der Waals surface area contributed by atoms with Crippen LogP contribution in [0.4, 0.5) is 5.69 Å². The first-order valence-corrected chi connectivity index (χ1v) is 9.94. The fourth-order valence-electron chi connectivity index (χ4n) is 3.40. The smallest absolute Gasteiger partial charge is 0.224 e. The van der Waals surface area contributed by atoms with Crippen LogP contribution in [-0.4, -0.2) is 33.7 Å². The highest BCUT2D eigenvalue weighted by Gasteiger charge is 2.14. The number of rotatable bonds is 8. The molecule has 3 rings (SSSR count). The Morgan fingerprint density at radius 3 is 2.59 bits per heavy atom. The number of ether oxygens (including phenoxy) is 2. The van der Waals surface area contributed by atoms with E-state index in [-0.39, 0.29) is 5.91 Å². The lowest BCUT2D eigenvalue weighted by molar-refractivity contribution is -0.116. The van der Waals surface area contributed by atoms with Gasteiger partial charge in [-0.25, -0.2) is 9.50 Å². The van der Waals surface area contributed by atoms with Gasteiger partial charge in [0.1, 0.15) is 11.5 Å². The molecule has 7 nitrogen and oxygen atoms in total. The summed E-state index contributed by atoms with van der Waals surface area (Å²) < 4.78 is 13.0. The van der Waals surface area contributed by atoms with Crippen molar-refractivity contribution in [2.45, 2.75) is 47.5 Å². The van der Waals surface area contributed by atoms with Gasteiger partial charge in [-0.15, -0.1) is 0 Å². The standard InChI is InChI=1S/C22H28N4O3/c1-6-28-17-8-10-20(29-7-2)19(13-17)24-22(27)11-9-18-15(4)23-21-12-14(3)25-26(21)16(18)5/h8,10,12-13H,6-7,9,11H2,1-5H3,(H,24,27). The average molecular weight is 396 g/mol. The molecule has 7 heteroatoms. The van der Waals surface area contributed by atoms with Gasteiger partial charge in [-0.2, -0.15) is 5.10 Å². The van der Waals surface area contributed by atoms with Crippen molar-refractivity contribution in [2.24, 2.45) is 0 Å². The molecule has 0 atom stereocenters. The lowest BCUT2D eigenvalue weighted by Crippen LogP contribution is -2.15. The van der Waals surface area contributed by atoms with Crippen molar-refractivity contribution >= 4 is 17.2 Å². The maximum Gasteiger partial charge on any atom is 0.224 e. The van der Waals surface area contributed by atoms with E-state index in [4.69, 9.17) is 9.47 Å². The number of nitrogens with zero attached hydrogens (tertiary/aromatic N) is 3. The fourth-order valence-corrected chi connectivity index (χ4v) is 3.40. The van der Waals surface area contributed by atoms with Crippen molar-refractivity contribution in [3.63, 3.8) is 0 Å². The number of aromatic nitrogens is 3. The second-order valence-corrected chi connectivity index (χ2v) is 6.89. The zero-order valence-electron chi connectivity index (χ0n) is 17.7. The van der Waals surface area contributed by atoms with Gasteiger partial charge in [0, 0.05) is 29.9 Å². The molecule has 0 unspecified atom stereocenters. The number of fused-ring (bicyclic) bond motifs is 1. The van der Waals surface area contributed by atoms with Gasteiger partial charge < -0.3 is 14.8 Å². The summed E-state index contributed by atoms with van der Waals surface area (Å²) in [5.74, 6) is 1.24. The highest BCUT2D eigenvalue weighted by molar-refractivity contribution is 5.92. The number of amides is 1. The summed E-state index contributed by atoms with van der Waals surface area (Å²) in [5.41, 5.74) is 5.36. The molecule has 0 aliphatic carbocycles. The molecular formula is C22H28N4O3. The van der Waals surface area contributed by atoms with E-state index in [9.17, 15) is 4.79 Å². The maximum absolute atomic E-state index is 12.7. The molecule has 2 aromatic heterocycles. The van der Waals surface area contributed by atoms with E-state index in [1.807, 2.05) is 57.3 Å². The molecule has 0 aliphatic rings. The van der Waals surface area contributed by atoms with Gasteiger partial charge in [0.15, 0.2) is 5.65 Å². The number of carbonyl (C=O) groups excluding carboxylic acids is 1. The summed E-state index contributed by atoms with van der Waals surface area (Å²) in [5, 5.41) is 7.45. The highest BCUT2D eigenvalue weighted by Crippen LogP contribution is 2.29. The van der Waals surface area contributed by atoms with E-state index in [1.54, 1.807) is 6.07 Å². The van der Waals surface area contributed by atoms with Crippen molar-refractivity contribution in [2.75, 3.05) is 18.5 Å². The summed E-state index contributed by atoms with van der Waals surface area (Å²) in [6.45, 7) is 10.8. The van der Waals surface area contributed by atoms with Gasteiger partial charge in [0.25, 0.3) is 0 Å². The number of carbonyl (C=O) groups is 1. The second-order valence-electron chi connectivity index (χ2n) is 6.89. The number of anilines is 1. The van der Waals surface area contributed by atoms with Gasteiger partial charge in [-0.1, -0.05) is 0 Å². The van der Waals surface area contributed by atoms with E-state index in [2.05, 4.69) is 15.4 Å². The Morgan fingerprint density at radius 2 is 1.86 bits per heavy atom. The molecule has 29 heavy (non-hydrogen) atoms. The van der Waals surface area contributed by atoms with E-state index >= 15 is 0 Å². The first kappa shape index (κ1) is 20.6. The molecule has 0 fully saturated rings. The van der Waals surface area contributed by atoms with Crippen molar-refractivity contribution in [1.82, 2.24) is 14.6 Å². The van der Waals surface area contributed by atoms with E-state index in [0.717, 1.165) is 28.3 Å². The van der Waals surface area contributed by atoms with Crippen LogP contribution in [-0.2, 0) is 11.2 Å². The van der Waals surface area contributed by atoms with Crippen molar-refractivity contribution in [3.05, 3.63) is 46.9 Å². The van der Waals surface area contributed by atoms with Crippen molar-refractivity contribution < 1.29 is 14.3 Å². The van der Waals surface area contributed by atoms with Crippen LogP contribution in [0, 0.1) is 20.8 Å². The molecule has 1 aromatic carbocycles. The van der Waals surface area contributed by atoms with Crippen LogP contribution in [0.15, 0.2) is 24.3 Å². The molecule has 1 N–H and O–H groups in total. The Balaban J connectivity index is 1.75. The Morgan fingerprint density at radius 1 is 1.10 bits per heavy atom. The van der Waals surface area contributed by atoms with E-state index in [1.165, 1.54) is 0 Å². The van der Waals surface area contributed by atoms with E-state index in [0.29, 0.717) is 43.2 Å². The van der Waals surface area contributed by atoms with Crippen LogP contribution in [0.1, 0.15) is 42.9 Å². The minimum atomic E-state index is -0.0878. The zero-order chi connectivity index (χ0) is 21.0. The first-order valence-electron chi connectivity index (χ1n) is 9.94. The number of nitrogens with one attached hydrogen (secondary N) is 1. The monoisotopic (exact) mass is 396 g/mol. The molecular weight excluding hydrogens is 368 g/mol. The summed E-state index contributed by atoms with van der Waals surface area (Å²) in [4.78, 5) is 17.3. The molecule has 0 aliphatic heterocycles. The number of hydrogen-bond acceptors (Lipinski definition) is 5. The molecule has 1 amide bonds. The van der Waals surface area contributed by atoms with Gasteiger partial charge >= 0.3 is 0 Å². The molecule has 3 aromatic rings. The minimum Gasteiger partial charge on any atom is -0.494 e. The number of benzene rings is 1. The Bertz CT molecular complexity index is 1030. The maximum atomic E-state index is 12.7. The SMILES string of the molecule is CCOc1ccc(OCC)c(NC(=O)CCc2c(C)nc3cc(C)nn3c2C)c1. The second kappa shape index (κ2) is 8.94. The largest absolute Gasteiger partial charge is 0.494 e. The normalized spacial score (nSPS) is 10.9. The average Bonchev–Trinajstić information content (AvgIpc) is 3.04. The first-order chi connectivity index (χ1) is 13.9. The summed E-state index contributed by atoms with van der Waals surface area (Å²) in [6, 6.07) is 7.40. The Kier molecular flexibility index (Phi) is 6.36. The molecule has 0 bridgehead atoms. The Labute approximate surface area is 171 Å². The van der Waals surface area contributed by atoms with Gasteiger partial charge in [0.05, 0.1) is 24.6 Å². The summed E-state index contributed by atoms with van der Waals surface area (Å²) in [7, 11) is 0. The molecule has 0 saturated heterocycles. The van der Waals surface area contributed by atoms with Crippen LogP contribution in [0.2, 0.25) is 0 Å². The fraction of sp³-hybridized carbons (Fsp3) is 0.409. The third-order valence-electron chi connectivity index (χ3n) is 4.72. The van der Waals surface area contributed by atoms with Gasteiger partial charge in [-0.3, -0.25) is 4.79 Å². The third kappa shape index (κ3) is 4.67. The molecule has 2 heterocycles. The minimum absolute atomic E-state index is 0.0878. The molecule has 0 saturated carbocycles. The zero-order valence-corrected chi connectivity index (χ0v) is 17.7. The Hall–Kier alpha value is -3.09. The van der Waals surface area contributed by atoms with Gasteiger partial charge in [0.2, 0.25) is 5.91 Å². The third-order valence-corrected chi connectivity index (χ3v) is 4.72. The molecule has 0 spiro atoms. The molecule has 154 valence electrons. The van der Waals surface area contributed by atoms with Crippen LogP contribution in [0.25, 0.3) is 5.65 Å². The van der Waals surface area contributed by atoms with Crippen LogP contribution >= 0.6 is 0 Å². The quantitative estimate of drug-likeness (QED) is 0.622. The van der Waals surface area contributed by atoms with E-state index < -0.39 is 0 Å². The lowest BCUT2D eigenvalue weighted by atomic mass is 10.1. The van der Waals surface area contributed by atoms with Crippen LogP contribution in [0.3, 0.4) is 0 Å². The van der Waals surface area contributed by atoms with Gasteiger partial charge in [-0.05, 0) is 58.7 Å². The van der Waals surface area contributed by atoms with Crippen molar-refractivity contribution in [3.8, 4) is 11.5 Å². The number of aryl methyl sites for hydroxylation is 3. The van der Waals surface area contributed by atoms with Crippen molar-refractivity contribution in [1.29, 1.82) is 0 Å². The predicted octanol–water partition coefficient (Wildman–Crippen LogP) is 4.02. The highest BCUT2D eigenvalue weighted by atomic mass is 16.5. The summed E-state index contributed by atoms with van der Waals surface area (Å²) in [6.07, 6.45) is 0.917. The topological polar surface area (TPSA) is 77.8 Å². The summed E-state index contributed by atoms with van der Waals surface area (Å²) >= 11 is 0. The predicted molar refractivity (Wildman–Crippen MR) is 113 cm³/mol. The lowest BCUT2D eigenvalue weighted by Gasteiger charge is -2.14.